The Bertz CT molecular complexity index is 360. The summed E-state index contributed by atoms with van der Waals surface area (Å²) in [5.74, 6) is 1.23. The highest BCUT2D eigenvalue weighted by atomic mass is 35.5. The van der Waals surface area contributed by atoms with Gasteiger partial charge in [-0.25, -0.2) is 0 Å². The maximum absolute atomic E-state index is 6.36. The Balaban J connectivity index is 2.77. The van der Waals surface area contributed by atoms with Crippen LogP contribution in [0.5, 0.6) is 0 Å². The Morgan fingerprint density at radius 2 is 2.00 bits per heavy atom. The normalized spacial score (nSPS) is 14.9. The minimum atomic E-state index is 0.597. The van der Waals surface area contributed by atoms with Gasteiger partial charge in [-0.2, -0.15) is 5.10 Å². The van der Waals surface area contributed by atoms with Crippen LogP contribution in [0, 0.1) is 11.8 Å². The quantitative estimate of drug-likeness (QED) is 0.849. The van der Waals surface area contributed by atoms with Crippen molar-refractivity contribution in [1.82, 2.24) is 15.1 Å². The zero-order chi connectivity index (χ0) is 13.0. The fourth-order valence-corrected chi connectivity index (χ4v) is 2.44. The van der Waals surface area contributed by atoms with E-state index in [1.165, 1.54) is 5.69 Å². The smallest absolute Gasteiger partial charge is 0.0849 e. The summed E-state index contributed by atoms with van der Waals surface area (Å²) in [6.45, 7) is 7.67. The second-order valence-electron chi connectivity index (χ2n) is 4.90. The minimum Gasteiger partial charge on any atom is -0.319 e. The Morgan fingerprint density at radius 1 is 1.35 bits per heavy atom. The van der Waals surface area contributed by atoms with Gasteiger partial charge in [-0.3, -0.25) is 4.68 Å². The van der Waals surface area contributed by atoms with Gasteiger partial charge in [-0.05, 0) is 38.3 Å². The molecule has 2 atom stereocenters. The molecule has 0 aliphatic rings. The number of rotatable bonds is 6. The fourth-order valence-electron chi connectivity index (χ4n) is 2.07. The van der Waals surface area contributed by atoms with Crippen LogP contribution in [-0.2, 0) is 19.9 Å². The molecule has 4 heteroatoms. The summed E-state index contributed by atoms with van der Waals surface area (Å²) in [7, 11) is 3.98. The molecule has 1 N–H and O–H groups in total. The van der Waals surface area contributed by atoms with Crippen LogP contribution in [0.1, 0.15) is 32.2 Å². The zero-order valence-electron chi connectivity index (χ0n) is 11.5. The standard InChI is InChI=1S/C13H24ClN3/c1-6-11-13(14)12(17(5)16-11)7-9(2)10(3)8-15-4/h9-10,15H,6-8H2,1-5H3. The highest BCUT2D eigenvalue weighted by Gasteiger charge is 2.18. The Morgan fingerprint density at radius 3 is 2.47 bits per heavy atom. The number of nitrogens with zero attached hydrogens (tertiary/aromatic N) is 2. The zero-order valence-corrected chi connectivity index (χ0v) is 12.3. The van der Waals surface area contributed by atoms with E-state index < -0.39 is 0 Å². The van der Waals surface area contributed by atoms with Crippen molar-refractivity contribution in [3.8, 4) is 0 Å². The van der Waals surface area contributed by atoms with E-state index in [2.05, 4.69) is 31.2 Å². The first-order valence-corrected chi connectivity index (χ1v) is 6.73. The van der Waals surface area contributed by atoms with E-state index in [-0.39, 0.29) is 0 Å². The third kappa shape index (κ3) is 3.46. The number of hydrogen-bond acceptors (Lipinski definition) is 2. The first kappa shape index (κ1) is 14.5. The molecule has 0 aliphatic heterocycles. The van der Waals surface area contributed by atoms with Crippen LogP contribution < -0.4 is 5.32 Å². The van der Waals surface area contributed by atoms with Crippen molar-refractivity contribution in [2.45, 2.75) is 33.6 Å². The predicted molar refractivity (Wildman–Crippen MR) is 73.6 cm³/mol. The van der Waals surface area contributed by atoms with Crippen LogP contribution in [0.2, 0.25) is 5.02 Å². The van der Waals surface area contributed by atoms with Crippen molar-refractivity contribution in [3.63, 3.8) is 0 Å². The monoisotopic (exact) mass is 257 g/mol. The van der Waals surface area contributed by atoms with Gasteiger partial charge in [0.2, 0.25) is 0 Å². The van der Waals surface area contributed by atoms with Crippen molar-refractivity contribution in [2.75, 3.05) is 13.6 Å². The number of aryl methyl sites for hydroxylation is 2. The highest BCUT2D eigenvalue weighted by Crippen LogP contribution is 2.25. The van der Waals surface area contributed by atoms with Crippen LogP contribution in [-0.4, -0.2) is 23.4 Å². The summed E-state index contributed by atoms with van der Waals surface area (Å²) in [5, 5.41) is 8.54. The Hall–Kier alpha value is -0.540. The van der Waals surface area contributed by atoms with Gasteiger partial charge < -0.3 is 5.32 Å². The molecule has 0 fully saturated rings. The van der Waals surface area contributed by atoms with Gasteiger partial charge in [0.1, 0.15) is 0 Å². The molecule has 17 heavy (non-hydrogen) atoms. The number of hydrogen-bond donors (Lipinski definition) is 1. The lowest BCUT2D eigenvalue weighted by molar-refractivity contribution is 0.368. The van der Waals surface area contributed by atoms with E-state index in [0.717, 1.165) is 30.1 Å². The molecule has 0 saturated heterocycles. The van der Waals surface area contributed by atoms with E-state index in [9.17, 15) is 0 Å². The number of aromatic nitrogens is 2. The summed E-state index contributed by atoms with van der Waals surface area (Å²) in [6, 6.07) is 0. The third-order valence-electron chi connectivity index (χ3n) is 3.52. The van der Waals surface area contributed by atoms with E-state index in [4.69, 9.17) is 11.6 Å². The van der Waals surface area contributed by atoms with Crippen molar-refractivity contribution in [3.05, 3.63) is 16.4 Å². The lowest BCUT2D eigenvalue weighted by Crippen LogP contribution is -2.23. The molecule has 2 unspecified atom stereocenters. The summed E-state index contributed by atoms with van der Waals surface area (Å²) < 4.78 is 1.93. The maximum Gasteiger partial charge on any atom is 0.0849 e. The molecule has 0 saturated carbocycles. The average Bonchev–Trinajstić information content (AvgIpc) is 2.56. The topological polar surface area (TPSA) is 29.9 Å². The van der Waals surface area contributed by atoms with Gasteiger partial charge in [-0.1, -0.05) is 32.4 Å². The summed E-state index contributed by atoms with van der Waals surface area (Å²) >= 11 is 6.36. The molecule has 0 amide bonds. The third-order valence-corrected chi connectivity index (χ3v) is 3.95. The maximum atomic E-state index is 6.36. The Kier molecular flexibility index (Phi) is 5.47. The van der Waals surface area contributed by atoms with Crippen molar-refractivity contribution < 1.29 is 0 Å². The van der Waals surface area contributed by atoms with Crippen LogP contribution in [0.4, 0.5) is 0 Å². The summed E-state index contributed by atoms with van der Waals surface area (Å²) in [5.41, 5.74) is 2.18. The molecule has 1 aromatic heterocycles. The van der Waals surface area contributed by atoms with E-state index >= 15 is 0 Å². The van der Waals surface area contributed by atoms with Crippen LogP contribution in [0.25, 0.3) is 0 Å². The van der Waals surface area contributed by atoms with Gasteiger partial charge in [0.15, 0.2) is 0 Å². The molecule has 3 nitrogen and oxygen atoms in total. The number of halogens is 1. The second kappa shape index (κ2) is 6.41. The van der Waals surface area contributed by atoms with Crippen molar-refractivity contribution >= 4 is 11.6 Å². The van der Waals surface area contributed by atoms with E-state index in [1.54, 1.807) is 0 Å². The van der Waals surface area contributed by atoms with Gasteiger partial charge in [-0.15, -0.1) is 0 Å². The molecular formula is C13H24ClN3. The molecule has 0 aromatic carbocycles. The average molecular weight is 258 g/mol. The molecule has 1 rings (SSSR count). The molecule has 0 bridgehead atoms. The summed E-state index contributed by atoms with van der Waals surface area (Å²) in [6.07, 6.45) is 1.89. The molecular weight excluding hydrogens is 234 g/mol. The van der Waals surface area contributed by atoms with Crippen LogP contribution in [0.3, 0.4) is 0 Å². The van der Waals surface area contributed by atoms with Gasteiger partial charge in [0, 0.05) is 7.05 Å². The van der Waals surface area contributed by atoms with Crippen LogP contribution in [0.15, 0.2) is 0 Å². The predicted octanol–water partition coefficient (Wildman–Crippen LogP) is 2.67. The van der Waals surface area contributed by atoms with Crippen LogP contribution >= 0.6 is 11.6 Å². The molecule has 1 aromatic rings. The first-order chi connectivity index (χ1) is 8.01. The van der Waals surface area contributed by atoms with E-state index in [1.807, 2.05) is 18.8 Å². The largest absolute Gasteiger partial charge is 0.319 e. The lowest BCUT2D eigenvalue weighted by Gasteiger charge is -2.19. The number of nitrogens with one attached hydrogen (secondary N) is 1. The molecule has 98 valence electrons. The minimum absolute atomic E-state index is 0.597. The van der Waals surface area contributed by atoms with Crippen molar-refractivity contribution in [1.29, 1.82) is 0 Å². The molecule has 0 aliphatic carbocycles. The van der Waals surface area contributed by atoms with Gasteiger partial charge in [0.25, 0.3) is 0 Å². The molecule has 0 spiro atoms. The molecule has 0 radical (unpaired) electrons. The Labute approximate surface area is 110 Å². The first-order valence-electron chi connectivity index (χ1n) is 6.36. The van der Waals surface area contributed by atoms with Crippen molar-refractivity contribution in [2.24, 2.45) is 18.9 Å². The van der Waals surface area contributed by atoms with Gasteiger partial charge >= 0.3 is 0 Å². The molecule has 1 heterocycles. The summed E-state index contributed by atoms with van der Waals surface area (Å²) in [4.78, 5) is 0. The highest BCUT2D eigenvalue weighted by molar-refractivity contribution is 6.31. The second-order valence-corrected chi connectivity index (χ2v) is 5.28. The lowest BCUT2D eigenvalue weighted by atomic mass is 9.91. The fraction of sp³-hybridized carbons (Fsp3) is 0.769. The van der Waals surface area contributed by atoms with Gasteiger partial charge in [0.05, 0.1) is 16.4 Å². The van der Waals surface area contributed by atoms with E-state index in [0.29, 0.717) is 11.8 Å². The SMILES string of the molecule is CCc1nn(C)c(CC(C)C(C)CNC)c1Cl.